The van der Waals surface area contributed by atoms with E-state index in [1.807, 2.05) is 37.1 Å². The molecule has 11 nitrogen and oxygen atoms in total. The smallest absolute Gasteiger partial charge is 0.340 e. The number of hydrogen-bond acceptors (Lipinski definition) is 7. The number of carbonyl (C=O) groups excluding carboxylic acids is 3. The summed E-state index contributed by atoms with van der Waals surface area (Å²) in [6.07, 6.45) is 0. The molecule has 40 heavy (non-hydrogen) atoms. The number of fused-ring (bicyclic) bond motifs is 2. The van der Waals surface area contributed by atoms with Crippen molar-refractivity contribution >= 4 is 51.2 Å². The Morgan fingerprint density at radius 3 is 1.40 bits per heavy atom. The summed E-state index contributed by atoms with van der Waals surface area (Å²) in [6.45, 7) is 7.69. The van der Waals surface area contributed by atoms with E-state index in [0.29, 0.717) is 44.8 Å². The van der Waals surface area contributed by atoms with Crippen LogP contribution in [0, 0.1) is 13.8 Å². The largest absolute Gasteiger partial charge is 0.495 e. The number of benzene rings is 2. The maximum absolute atomic E-state index is 13.2. The van der Waals surface area contributed by atoms with Crippen LogP contribution in [0.3, 0.4) is 0 Å². The van der Waals surface area contributed by atoms with Crippen LogP contribution in [-0.4, -0.2) is 54.5 Å². The van der Waals surface area contributed by atoms with Crippen LogP contribution in [0.2, 0.25) is 0 Å². The van der Waals surface area contributed by atoms with E-state index in [-0.39, 0.29) is 13.2 Å². The highest BCUT2D eigenvalue weighted by Gasteiger charge is 2.24. The molecule has 2 aromatic carbocycles. The third-order valence-electron chi connectivity index (χ3n) is 7.08. The predicted octanol–water partition coefficient (Wildman–Crippen LogP) is 5.30. The van der Waals surface area contributed by atoms with Gasteiger partial charge in [-0.1, -0.05) is 0 Å². The van der Waals surface area contributed by atoms with Crippen molar-refractivity contribution in [2.24, 2.45) is 14.1 Å². The van der Waals surface area contributed by atoms with Crippen LogP contribution in [-0.2, 0) is 23.6 Å². The fourth-order valence-electron chi connectivity index (χ4n) is 4.91. The molecule has 0 saturated carbocycles. The summed E-state index contributed by atoms with van der Waals surface area (Å²) in [5, 5.41) is 6.99. The Hall–Kier alpha value is -4.67. The number of anilines is 2. The molecule has 0 aliphatic heterocycles. The van der Waals surface area contributed by atoms with E-state index in [1.54, 1.807) is 38.1 Å². The molecule has 0 unspecified atom stereocenters. The minimum absolute atomic E-state index is 0.257. The first-order valence-corrected chi connectivity index (χ1v) is 12.8. The lowest BCUT2D eigenvalue weighted by molar-refractivity contribution is 0.0517. The maximum Gasteiger partial charge on any atom is 0.340 e. The zero-order valence-electron chi connectivity index (χ0n) is 24.0. The van der Waals surface area contributed by atoms with Gasteiger partial charge in [0, 0.05) is 36.3 Å². The van der Waals surface area contributed by atoms with Crippen LogP contribution >= 0.6 is 0 Å². The highest BCUT2D eigenvalue weighted by molar-refractivity contribution is 6.11. The van der Waals surface area contributed by atoms with E-state index in [2.05, 4.69) is 10.6 Å². The van der Waals surface area contributed by atoms with E-state index < -0.39 is 18.0 Å². The minimum Gasteiger partial charge on any atom is -0.495 e. The second-order valence-corrected chi connectivity index (χ2v) is 9.20. The Bertz CT molecular complexity index is 1530. The van der Waals surface area contributed by atoms with Crippen molar-refractivity contribution in [3.8, 4) is 11.5 Å². The monoisotopic (exact) mass is 550 g/mol. The SMILES string of the molecule is CCOC(=O)c1c(C)n(C)c2cc(NC(=O)Nc3cc4c(cc3OC)c(C(=O)OCC)c(C)n4C)c(OC)cc12. The summed E-state index contributed by atoms with van der Waals surface area (Å²) in [4.78, 5) is 38.5. The van der Waals surface area contributed by atoms with Crippen LogP contribution in [0.5, 0.6) is 11.5 Å². The third kappa shape index (κ3) is 4.78. The number of esters is 2. The number of aryl methyl sites for hydroxylation is 2. The minimum atomic E-state index is -0.539. The highest BCUT2D eigenvalue weighted by atomic mass is 16.5. The normalized spacial score (nSPS) is 11.0. The van der Waals surface area contributed by atoms with Gasteiger partial charge in [0.1, 0.15) is 11.5 Å². The van der Waals surface area contributed by atoms with E-state index in [0.717, 1.165) is 22.4 Å². The van der Waals surface area contributed by atoms with Gasteiger partial charge in [-0.25, -0.2) is 14.4 Å². The van der Waals surface area contributed by atoms with Crippen molar-refractivity contribution in [1.29, 1.82) is 0 Å². The number of ether oxygens (including phenoxy) is 4. The number of nitrogens with one attached hydrogen (secondary N) is 2. The molecule has 0 aliphatic carbocycles. The topological polar surface area (TPSA) is 122 Å². The predicted molar refractivity (Wildman–Crippen MR) is 153 cm³/mol. The maximum atomic E-state index is 13.2. The van der Waals surface area contributed by atoms with Crippen LogP contribution < -0.4 is 20.1 Å². The lowest BCUT2D eigenvalue weighted by Gasteiger charge is -2.14. The van der Waals surface area contributed by atoms with Crippen molar-refractivity contribution in [3.63, 3.8) is 0 Å². The number of methoxy groups -OCH3 is 2. The molecular formula is C29H34N4O7. The quantitative estimate of drug-likeness (QED) is 0.286. The second kappa shape index (κ2) is 11.2. The number of aromatic nitrogens is 2. The lowest BCUT2D eigenvalue weighted by Crippen LogP contribution is -2.20. The molecule has 0 aliphatic rings. The molecule has 0 bridgehead atoms. The average Bonchev–Trinajstić information content (AvgIpc) is 3.31. The molecular weight excluding hydrogens is 516 g/mol. The molecule has 2 aromatic heterocycles. The Kier molecular flexibility index (Phi) is 7.94. The Labute approximate surface area is 231 Å². The Morgan fingerprint density at radius 2 is 1.07 bits per heavy atom. The van der Waals surface area contributed by atoms with Crippen LogP contribution in [0.25, 0.3) is 21.8 Å². The zero-order chi connectivity index (χ0) is 29.3. The van der Waals surface area contributed by atoms with E-state index in [9.17, 15) is 14.4 Å². The van der Waals surface area contributed by atoms with Gasteiger partial charge >= 0.3 is 18.0 Å². The molecule has 212 valence electrons. The van der Waals surface area contributed by atoms with Gasteiger partial charge in [-0.05, 0) is 52.0 Å². The number of hydrogen-bond donors (Lipinski definition) is 2. The first-order chi connectivity index (χ1) is 19.1. The molecule has 4 rings (SSSR count). The number of nitrogens with zero attached hydrogens (tertiary/aromatic N) is 2. The lowest BCUT2D eigenvalue weighted by atomic mass is 10.1. The van der Waals surface area contributed by atoms with Crippen molar-refractivity contribution in [2.45, 2.75) is 27.7 Å². The van der Waals surface area contributed by atoms with Crippen LogP contribution in [0.4, 0.5) is 16.2 Å². The molecule has 0 spiro atoms. The van der Waals surface area contributed by atoms with Gasteiger partial charge in [0.2, 0.25) is 0 Å². The Balaban J connectivity index is 1.70. The molecule has 0 saturated heterocycles. The summed E-state index contributed by atoms with van der Waals surface area (Å²) in [5.74, 6) is -0.0945. The van der Waals surface area contributed by atoms with Gasteiger partial charge in [0.05, 0.1) is 61.0 Å². The summed E-state index contributed by atoms with van der Waals surface area (Å²) in [5.41, 5.74) is 4.62. The molecule has 11 heteroatoms. The molecule has 2 amide bonds. The van der Waals surface area contributed by atoms with E-state index in [4.69, 9.17) is 18.9 Å². The number of urea groups is 1. The Morgan fingerprint density at radius 1 is 0.700 bits per heavy atom. The first-order valence-electron chi connectivity index (χ1n) is 12.8. The molecule has 0 atom stereocenters. The summed E-state index contributed by atoms with van der Waals surface area (Å²) < 4.78 is 25.3. The summed E-state index contributed by atoms with van der Waals surface area (Å²) in [7, 11) is 6.65. The number of rotatable bonds is 8. The van der Waals surface area contributed by atoms with E-state index >= 15 is 0 Å². The summed E-state index contributed by atoms with van der Waals surface area (Å²) >= 11 is 0. The van der Waals surface area contributed by atoms with Gasteiger partial charge in [0.25, 0.3) is 0 Å². The fourth-order valence-corrected chi connectivity index (χ4v) is 4.91. The fraction of sp³-hybridized carbons (Fsp3) is 0.345. The molecule has 2 heterocycles. The number of amides is 2. The van der Waals surface area contributed by atoms with E-state index in [1.165, 1.54) is 14.2 Å². The molecule has 0 fully saturated rings. The molecule has 0 radical (unpaired) electrons. The second-order valence-electron chi connectivity index (χ2n) is 9.20. The molecule has 2 N–H and O–H groups in total. The van der Waals surface area contributed by atoms with Crippen LogP contribution in [0.15, 0.2) is 24.3 Å². The zero-order valence-corrected chi connectivity index (χ0v) is 24.0. The van der Waals surface area contributed by atoms with Crippen molar-refractivity contribution in [3.05, 3.63) is 46.8 Å². The van der Waals surface area contributed by atoms with Gasteiger partial charge in [-0.15, -0.1) is 0 Å². The van der Waals surface area contributed by atoms with Gasteiger partial charge in [-0.2, -0.15) is 0 Å². The standard InChI is InChI=1S/C29H34N4O7/c1-9-39-27(34)25-15(3)32(5)21-13-19(23(37-7)11-17(21)25)30-29(36)31-20-14-22-18(12-24(20)38-8)26(16(4)33(22)6)28(35)40-10-2/h11-14H,9-10H2,1-8H3,(H2,30,31,36). The van der Waals surface area contributed by atoms with Gasteiger partial charge in [0.15, 0.2) is 0 Å². The van der Waals surface area contributed by atoms with Gasteiger partial charge in [-0.3, -0.25) is 0 Å². The highest BCUT2D eigenvalue weighted by Crippen LogP contribution is 2.37. The summed E-state index contributed by atoms with van der Waals surface area (Å²) in [6, 6.07) is 6.37. The molecule has 4 aromatic rings. The number of carbonyl (C=O) groups is 3. The van der Waals surface area contributed by atoms with Crippen molar-refractivity contribution in [2.75, 3.05) is 38.1 Å². The van der Waals surface area contributed by atoms with Gasteiger partial charge < -0.3 is 38.7 Å². The average molecular weight is 551 g/mol. The first kappa shape index (κ1) is 28.3. The third-order valence-corrected chi connectivity index (χ3v) is 7.08. The van der Waals surface area contributed by atoms with Crippen molar-refractivity contribution < 1.29 is 33.3 Å². The van der Waals surface area contributed by atoms with Crippen LogP contribution in [0.1, 0.15) is 46.0 Å². The van der Waals surface area contributed by atoms with Crippen molar-refractivity contribution in [1.82, 2.24) is 9.13 Å².